The molecule has 0 aliphatic heterocycles. The molecular weight excluding hydrogens is 280 g/mol. The van der Waals surface area contributed by atoms with Crippen molar-refractivity contribution in [1.82, 2.24) is 0 Å². The summed E-state index contributed by atoms with van der Waals surface area (Å²) >= 11 is 1.82. The number of aliphatic hydroxyl groups is 1. The van der Waals surface area contributed by atoms with Gasteiger partial charge in [-0.25, -0.2) is 0 Å². The molecule has 1 aromatic heterocycles. The summed E-state index contributed by atoms with van der Waals surface area (Å²) in [5.74, 6) is 1.05. The second-order valence-electron chi connectivity index (χ2n) is 5.98. The molecule has 0 radical (unpaired) electrons. The highest BCUT2D eigenvalue weighted by Crippen LogP contribution is 2.42. The first-order chi connectivity index (χ1) is 10.1. The Morgan fingerprint density at radius 1 is 1.29 bits per heavy atom. The van der Waals surface area contributed by atoms with Crippen LogP contribution in [0.2, 0.25) is 0 Å². The van der Waals surface area contributed by atoms with Crippen molar-refractivity contribution in [2.75, 3.05) is 0 Å². The van der Waals surface area contributed by atoms with Crippen LogP contribution in [-0.4, -0.2) is 11.2 Å². The summed E-state index contributed by atoms with van der Waals surface area (Å²) < 4.78 is 5.74. The summed E-state index contributed by atoms with van der Waals surface area (Å²) in [6.07, 6.45) is 3.08. The van der Waals surface area contributed by atoms with Crippen LogP contribution >= 0.6 is 11.3 Å². The van der Waals surface area contributed by atoms with Gasteiger partial charge in [0.1, 0.15) is 5.75 Å². The van der Waals surface area contributed by atoms with E-state index in [1.54, 1.807) is 0 Å². The number of benzene rings is 1. The lowest BCUT2D eigenvalue weighted by molar-refractivity contribution is 0.135. The Kier molecular flexibility index (Phi) is 4.32. The number of hydrogen-bond donors (Lipinski definition) is 1. The van der Waals surface area contributed by atoms with E-state index in [-0.39, 0.29) is 12.0 Å². The van der Waals surface area contributed by atoms with Crippen molar-refractivity contribution in [2.45, 2.75) is 51.2 Å². The Morgan fingerprint density at radius 3 is 2.95 bits per heavy atom. The molecule has 0 bridgehead atoms. The number of ether oxygens (including phenoxy) is 1. The third-order valence-electron chi connectivity index (χ3n) is 4.05. The SMILES string of the molecule is CC(C)Oc1cccc(C(O)C2CCCc3sccc32)c1. The summed E-state index contributed by atoms with van der Waals surface area (Å²) in [6.45, 7) is 4.03. The molecule has 112 valence electrons. The van der Waals surface area contributed by atoms with E-state index >= 15 is 0 Å². The van der Waals surface area contributed by atoms with Crippen molar-refractivity contribution in [3.63, 3.8) is 0 Å². The van der Waals surface area contributed by atoms with E-state index in [4.69, 9.17) is 4.74 Å². The van der Waals surface area contributed by atoms with Gasteiger partial charge >= 0.3 is 0 Å². The number of rotatable bonds is 4. The second-order valence-corrected chi connectivity index (χ2v) is 6.98. The highest BCUT2D eigenvalue weighted by atomic mass is 32.1. The van der Waals surface area contributed by atoms with Crippen LogP contribution in [0.5, 0.6) is 5.75 Å². The van der Waals surface area contributed by atoms with Gasteiger partial charge in [0, 0.05) is 10.8 Å². The first-order valence-corrected chi connectivity index (χ1v) is 8.54. The zero-order chi connectivity index (χ0) is 14.8. The van der Waals surface area contributed by atoms with Gasteiger partial charge in [-0.1, -0.05) is 12.1 Å². The Bertz CT molecular complexity index is 603. The summed E-state index contributed by atoms with van der Waals surface area (Å²) in [7, 11) is 0. The number of hydrogen-bond acceptors (Lipinski definition) is 3. The van der Waals surface area contributed by atoms with E-state index in [0.717, 1.165) is 30.6 Å². The maximum absolute atomic E-state index is 10.8. The lowest BCUT2D eigenvalue weighted by Gasteiger charge is -2.27. The summed E-state index contributed by atoms with van der Waals surface area (Å²) in [5, 5.41) is 13.0. The molecule has 1 heterocycles. The van der Waals surface area contributed by atoms with Crippen LogP contribution in [0, 0.1) is 0 Å². The van der Waals surface area contributed by atoms with Gasteiger partial charge in [0.25, 0.3) is 0 Å². The molecule has 1 aliphatic carbocycles. The number of fused-ring (bicyclic) bond motifs is 1. The van der Waals surface area contributed by atoms with Crippen molar-refractivity contribution in [1.29, 1.82) is 0 Å². The van der Waals surface area contributed by atoms with Crippen molar-refractivity contribution < 1.29 is 9.84 Å². The van der Waals surface area contributed by atoms with E-state index in [1.165, 1.54) is 10.4 Å². The second kappa shape index (κ2) is 6.20. The van der Waals surface area contributed by atoms with Gasteiger partial charge in [0.2, 0.25) is 0 Å². The minimum Gasteiger partial charge on any atom is -0.491 e. The Morgan fingerprint density at radius 2 is 2.14 bits per heavy atom. The maximum Gasteiger partial charge on any atom is 0.120 e. The Hall–Kier alpha value is -1.32. The molecule has 2 aromatic rings. The molecule has 21 heavy (non-hydrogen) atoms. The number of thiophene rings is 1. The quantitative estimate of drug-likeness (QED) is 0.888. The molecule has 3 heteroatoms. The third-order valence-corrected chi connectivity index (χ3v) is 5.05. The van der Waals surface area contributed by atoms with Crippen molar-refractivity contribution in [3.8, 4) is 5.75 Å². The van der Waals surface area contributed by atoms with Crippen LogP contribution in [-0.2, 0) is 6.42 Å². The van der Waals surface area contributed by atoms with Gasteiger partial charge in [0.05, 0.1) is 12.2 Å². The first kappa shape index (κ1) is 14.6. The standard InChI is InChI=1S/C18H22O2S/c1-12(2)20-14-6-3-5-13(11-14)18(19)16-7-4-8-17-15(16)9-10-21-17/h3,5-6,9-12,16,18-19H,4,7-8H2,1-2H3. The molecule has 1 aromatic carbocycles. The minimum atomic E-state index is -0.450. The third kappa shape index (κ3) is 3.14. The van der Waals surface area contributed by atoms with Gasteiger partial charge in [0.15, 0.2) is 0 Å². The van der Waals surface area contributed by atoms with Gasteiger partial charge < -0.3 is 9.84 Å². The monoisotopic (exact) mass is 302 g/mol. The van der Waals surface area contributed by atoms with E-state index in [2.05, 4.69) is 11.4 Å². The van der Waals surface area contributed by atoms with E-state index in [0.29, 0.717) is 0 Å². The van der Waals surface area contributed by atoms with Crippen molar-refractivity contribution in [3.05, 3.63) is 51.7 Å². The van der Waals surface area contributed by atoms with E-state index in [9.17, 15) is 5.11 Å². The van der Waals surface area contributed by atoms with E-state index < -0.39 is 6.10 Å². The Balaban J connectivity index is 1.84. The zero-order valence-corrected chi connectivity index (χ0v) is 13.4. The lowest BCUT2D eigenvalue weighted by Crippen LogP contribution is -2.16. The van der Waals surface area contributed by atoms with Crippen molar-refractivity contribution in [2.24, 2.45) is 0 Å². The molecule has 0 spiro atoms. The van der Waals surface area contributed by atoms with Gasteiger partial charge in [-0.05, 0) is 67.8 Å². The van der Waals surface area contributed by atoms with Crippen LogP contribution in [0.3, 0.4) is 0 Å². The highest BCUT2D eigenvalue weighted by molar-refractivity contribution is 7.10. The molecule has 0 fully saturated rings. The summed E-state index contributed by atoms with van der Waals surface area (Å²) in [5.41, 5.74) is 2.30. The smallest absolute Gasteiger partial charge is 0.120 e. The minimum absolute atomic E-state index is 0.149. The molecule has 2 atom stereocenters. The van der Waals surface area contributed by atoms with E-state index in [1.807, 2.05) is 49.4 Å². The lowest BCUT2D eigenvalue weighted by atomic mass is 9.81. The Labute approximate surface area is 130 Å². The predicted octanol–water partition coefficient (Wildman–Crippen LogP) is 4.69. The largest absolute Gasteiger partial charge is 0.491 e. The van der Waals surface area contributed by atoms with Crippen LogP contribution in [0.15, 0.2) is 35.7 Å². The fourth-order valence-electron chi connectivity index (χ4n) is 3.13. The number of aliphatic hydroxyl groups excluding tert-OH is 1. The average Bonchev–Trinajstić information content (AvgIpc) is 2.94. The molecule has 1 N–H and O–H groups in total. The fourth-order valence-corrected chi connectivity index (χ4v) is 4.12. The molecule has 0 saturated heterocycles. The summed E-state index contributed by atoms with van der Waals surface area (Å²) in [6, 6.07) is 10.1. The first-order valence-electron chi connectivity index (χ1n) is 7.66. The zero-order valence-electron chi connectivity index (χ0n) is 12.6. The molecule has 0 amide bonds. The average molecular weight is 302 g/mol. The topological polar surface area (TPSA) is 29.5 Å². The van der Waals surface area contributed by atoms with Gasteiger partial charge in [-0.15, -0.1) is 11.3 Å². The molecule has 2 unspecified atom stereocenters. The van der Waals surface area contributed by atoms with Crippen LogP contribution in [0.1, 0.15) is 54.7 Å². The molecule has 2 nitrogen and oxygen atoms in total. The maximum atomic E-state index is 10.8. The fraction of sp³-hybridized carbons (Fsp3) is 0.444. The summed E-state index contributed by atoms with van der Waals surface area (Å²) in [4.78, 5) is 1.44. The van der Waals surface area contributed by atoms with Gasteiger partial charge in [-0.2, -0.15) is 0 Å². The number of aryl methyl sites for hydroxylation is 1. The predicted molar refractivity (Wildman–Crippen MR) is 87.2 cm³/mol. The van der Waals surface area contributed by atoms with Crippen LogP contribution in [0.4, 0.5) is 0 Å². The highest BCUT2D eigenvalue weighted by Gasteiger charge is 2.28. The van der Waals surface area contributed by atoms with Crippen molar-refractivity contribution >= 4 is 11.3 Å². The normalized spacial score (nSPS) is 19.3. The van der Waals surface area contributed by atoms with Gasteiger partial charge in [-0.3, -0.25) is 0 Å². The van der Waals surface area contributed by atoms with Crippen LogP contribution in [0.25, 0.3) is 0 Å². The molecular formula is C18H22O2S. The molecule has 0 saturated carbocycles. The van der Waals surface area contributed by atoms with Crippen LogP contribution < -0.4 is 4.74 Å². The molecule has 1 aliphatic rings. The molecule has 3 rings (SSSR count).